The molecule has 18 heavy (non-hydrogen) atoms. The van der Waals surface area contributed by atoms with Crippen molar-refractivity contribution in [2.45, 2.75) is 32.1 Å². The van der Waals surface area contributed by atoms with E-state index < -0.39 is 0 Å². The van der Waals surface area contributed by atoms with E-state index in [4.69, 9.17) is 0 Å². The highest BCUT2D eigenvalue weighted by atomic mass is 16.1. The molecule has 0 aromatic rings. The number of piperidine rings is 2. The Morgan fingerprint density at radius 3 is 3.00 bits per heavy atom. The normalized spacial score (nSPS) is 30.1. The fraction of sp³-hybridized carbons (Fsp3) is 0.929. The zero-order chi connectivity index (χ0) is 12.8. The molecule has 2 aliphatic rings. The Balaban J connectivity index is 1.70. The van der Waals surface area contributed by atoms with Crippen LogP contribution in [0.15, 0.2) is 0 Å². The van der Waals surface area contributed by atoms with E-state index in [1.165, 1.54) is 51.9 Å². The Morgan fingerprint density at radius 1 is 1.39 bits per heavy atom. The van der Waals surface area contributed by atoms with Crippen molar-refractivity contribution in [1.29, 1.82) is 0 Å². The third kappa shape index (κ3) is 3.95. The number of nitrogens with zero attached hydrogens (tertiary/aromatic N) is 1. The predicted molar refractivity (Wildman–Crippen MR) is 73.4 cm³/mol. The molecular weight excluding hydrogens is 226 g/mol. The fourth-order valence-electron chi connectivity index (χ4n) is 3.21. The number of likely N-dealkylation sites (tertiary alicyclic amines) is 1. The van der Waals surface area contributed by atoms with E-state index >= 15 is 0 Å². The van der Waals surface area contributed by atoms with Crippen LogP contribution in [0.3, 0.4) is 0 Å². The van der Waals surface area contributed by atoms with Gasteiger partial charge in [-0.15, -0.1) is 0 Å². The molecule has 0 aromatic carbocycles. The quantitative estimate of drug-likeness (QED) is 0.780. The first-order valence-corrected chi connectivity index (χ1v) is 7.44. The van der Waals surface area contributed by atoms with E-state index in [1.807, 2.05) is 0 Å². The van der Waals surface area contributed by atoms with Gasteiger partial charge in [-0.1, -0.05) is 0 Å². The van der Waals surface area contributed by atoms with E-state index in [9.17, 15) is 4.79 Å². The molecule has 0 bridgehead atoms. The van der Waals surface area contributed by atoms with Crippen molar-refractivity contribution in [3.63, 3.8) is 0 Å². The summed E-state index contributed by atoms with van der Waals surface area (Å²) >= 11 is 0. The van der Waals surface area contributed by atoms with Gasteiger partial charge in [0.05, 0.1) is 5.92 Å². The molecule has 1 amide bonds. The van der Waals surface area contributed by atoms with Gasteiger partial charge in [-0.3, -0.25) is 4.79 Å². The Labute approximate surface area is 110 Å². The summed E-state index contributed by atoms with van der Waals surface area (Å²) in [6, 6.07) is 0. The van der Waals surface area contributed by atoms with Crippen LogP contribution in [-0.2, 0) is 4.79 Å². The molecule has 2 rings (SSSR count). The van der Waals surface area contributed by atoms with E-state index in [1.54, 1.807) is 7.05 Å². The van der Waals surface area contributed by atoms with Crippen LogP contribution in [0, 0.1) is 11.8 Å². The highest BCUT2D eigenvalue weighted by Crippen LogP contribution is 2.19. The summed E-state index contributed by atoms with van der Waals surface area (Å²) in [5.41, 5.74) is 0. The second-order valence-corrected chi connectivity index (χ2v) is 5.76. The molecule has 2 atom stereocenters. The predicted octanol–water partition coefficient (Wildman–Crippen LogP) is 0.834. The molecule has 2 heterocycles. The first-order chi connectivity index (χ1) is 8.79. The molecule has 2 fully saturated rings. The van der Waals surface area contributed by atoms with Gasteiger partial charge in [-0.2, -0.15) is 0 Å². The number of rotatable bonds is 4. The van der Waals surface area contributed by atoms with E-state index in [0.29, 0.717) is 0 Å². The van der Waals surface area contributed by atoms with Gasteiger partial charge < -0.3 is 15.5 Å². The number of carbonyl (C=O) groups excluding carboxylic acids is 1. The highest BCUT2D eigenvalue weighted by molar-refractivity contribution is 5.78. The zero-order valence-corrected chi connectivity index (χ0v) is 11.6. The minimum Gasteiger partial charge on any atom is -0.359 e. The topological polar surface area (TPSA) is 44.4 Å². The third-order valence-electron chi connectivity index (χ3n) is 4.38. The van der Waals surface area contributed by atoms with Gasteiger partial charge in [0.15, 0.2) is 0 Å². The molecule has 2 saturated heterocycles. The zero-order valence-electron chi connectivity index (χ0n) is 11.6. The molecule has 2 aliphatic heterocycles. The summed E-state index contributed by atoms with van der Waals surface area (Å²) in [5.74, 6) is 1.28. The van der Waals surface area contributed by atoms with Crippen molar-refractivity contribution in [2.24, 2.45) is 11.8 Å². The molecule has 0 aromatic heterocycles. The van der Waals surface area contributed by atoms with Gasteiger partial charge in [0.25, 0.3) is 0 Å². The SMILES string of the molecule is CNC(=O)C1CCCN(CCC2CCCNC2)C1. The number of amides is 1. The number of hydrogen-bond donors (Lipinski definition) is 2. The second-order valence-electron chi connectivity index (χ2n) is 5.76. The number of nitrogens with one attached hydrogen (secondary N) is 2. The van der Waals surface area contributed by atoms with Gasteiger partial charge in [0.1, 0.15) is 0 Å². The molecule has 0 radical (unpaired) electrons. The molecule has 0 saturated carbocycles. The van der Waals surface area contributed by atoms with Gasteiger partial charge >= 0.3 is 0 Å². The van der Waals surface area contributed by atoms with Gasteiger partial charge in [0, 0.05) is 13.6 Å². The van der Waals surface area contributed by atoms with Crippen LogP contribution in [0.25, 0.3) is 0 Å². The van der Waals surface area contributed by atoms with Crippen molar-refractivity contribution in [3.8, 4) is 0 Å². The first-order valence-electron chi connectivity index (χ1n) is 7.44. The summed E-state index contributed by atoms with van der Waals surface area (Å²) < 4.78 is 0. The fourth-order valence-corrected chi connectivity index (χ4v) is 3.21. The maximum Gasteiger partial charge on any atom is 0.224 e. The standard InChI is InChI=1S/C14H27N3O/c1-15-14(18)13-5-3-8-17(11-13)9-6-12-4-2-7-16-10-12/h12-13,16H,2-11H2,1H3,(H,15,18). The average molecular weight is 253 g/mol. The van der Waals surface area contributed by atoms with Crippen LogP contribution in [0.1, 0.15) is 32.1 Å². The van der Waals surface area contributed by atoms with E-state index in [-0.39, 0.29) is 11.8 Å². The van der Waals surface area contributed by atoms with Gasteiger partial charge in [-0.25, -0.2) is 0 Å². The molecule has 104 valence electrons. The summed E-state index contributed by atoms with van der Waals surface area (Å²) in [6.07, 6.45) is 6.21. The monoisotopic (exact) mass is 253 g/mol. The lowest BCUT2D eigenvalue weighted by Crippen LogP contribution is -2.43. The minimum absolute atomic E-state index is 0.216. The molecular formula is C14H27N3O. The van der Waals surface area contributed by atoms with Gasteiger partial charge in [0.2, 0.25) is 5.91 Å². The van der Waals surface area contributed by atoms with Crippen molar-refractivity contribution < 1.29 is 4.79 Å². The third-order valence-corrected chi connectivity index (χ3v) is 4.38. The molecule has 0 aliphatic carbocycles. The summed E-state index contributed by atoms with van der Waals surface area (Å²) in [4.78, 5) is 14.2. The maximum absolute atomic E-state index is 11.7. The Kier molecular flexibility index (Phi) is 5.45. The smallest absolute Gasteiger partial charge is 0.224 e. The van der Waals surface area contributed by atoms with Crippen molar-refractivity contribution in [3.05, 3.63) is 0 Å². The highest BCUT2D eigenvalue weighted by Gasteiger charge is 2.25. The Hall–Kier alpha value is -0.610. The van der Waals surface area contributed by atoms with Crippen LogP contribution in [0.2, 0.25) is 0 Å². The Morgan fingerprint density at radius 2 is 2.28 bits per heavy atom. The van der Waals surface area contributed by atoms with Crippen LogP contribution in [-0.4, -0.2) is 50.6 Å². The van der Waals surface area contributed by atoms with E-state index in [0.717, 1.165) is 18.9 Å². The van der Waals surface area contributed by atoms with Crippen molar-refractivity contribution in [1.82, 2.24) is 15.5 Å². The number of carbonyl (C=O) groups is 1. The largest absolute Gasteiger partial charge is 0.359 e. The molecule has 2 N–H and O–H groups in total. The average Bonchev–Trinajstić information content (AvgIpc) is 2.45. The van der Waals surface area contributed by atoms with Crippen LogP contribution in [0.4, 0.5) is 0 Å². The van der Waals surface area contributed by atoms with Crippen LogP contribution < -0.4 is 10.6 Å². The first kappa shape index (κ1) is 13.8. The molecule has 4 heteroatoms. The summed E-state index contributed by atoms with van der Waals surface area (Å²) in [5, 5.41) is 6.26. The van der Waals surface area contributed by atoms with Gasteiger partial charge in [-0.05, 0) is 64.2 Å². The molecule has 0 spiro atoms. The lowest BCUT2D eigenvalue weighted by molar-refractivity contribution is -0.126. The maximum atomic E-state index is 11.7. The number of hydrogen-bond acceptors (Lipinski definition) is 3. The van der Waals surface area contributed by atoms with Crippen LogP contribution in [0.5, 0.6) is 0 Å². The van der Waals surface area contributed by atoms with E-state index in [2.05, 4.69) is 15.5 Å². The lowest BCUT2D eigenvalue weighted by atomic mass is 9.94. The summed E-state index contributed by atoms with van der Waals surface area (Å²) in [6.45, 7) is 5.68. The van der Waals surface area contributed by atoms with Crippen molar-refractivity contribution in [2.75, 3.05) is 39.8 Å². The molecule has 4 nitrogen and oxygen atoms in total. The Bertz CT molecular complexity index is 264. The minimum atomic E-state index is 0.216. The second kappa shape index (κ2) is 7.10. The molecule has 2 unspecified atom stereocenters. The lowest BCUT2D eigenvalue weighted by Gasteiger charge is -2.33. The van der Waals surface area contributed by atoms with Crippen molar-refractivity contribution >= 4 is 5.91 Å². The summed E-state index contributed by atoms with van der Waals surface area (Å²) in [7, 11) is 1.75. The van der Waals surface area contributed by atoms with Crippen LogP contribution >= 0.6 is 0 Å².